The molecule has 34 heavy (non-hydrogen) atoms. The molecule has 0 aliphatic carbocycles. The smallest absolute Gasteiger partial charge is 0.297 e. The molecular formula is C22H26O10S2. The van der Waals surface area contributed by atoms with Crippen molar-refractivity contribution in [3.05, 3.63) is 59.7 Å². The van der Waals surface area contributed by atoms with Crippen LogP contribution in [0.1, 0.15) is 11.1 Å². The maximum absolute atomic E-state index is 12.5. The lowest BCUT2D eigenvalue weighted by Crippen LogP contribution is -2.45. The van der Waals surface area contributed by atoms with Crippen LogP contribution in [0, 0.1) is 13.8 Å². The maximum atomic E-state index is 12.5. The zero-order valence-electron chi connectivity index (χ0n) is 18.7. The predicted molar refractivity (Wildman–Crippen MR) is 118 cm³/mol. The number of aryl methyl sites for hydroxylation is 2. The van der Waals surface area contributed by atoms with Gasteiger partial charge < -0.3 is 18.9 Å². The van der Waals surface area contributed by atoms with Crippen LogP contribution in [0.25, 0.3) is 0 Å². The van der Waals surface area contributed by atoms with E-state index in [0.29, 0.717) is 0 Å². The van der Waals surface area contributed by atoms with Crippen LogP contribution in [0.3, 0.4) is 0 Å². The van der Waals surface area contributed by atoms with Crippen LogP contribution in [-0.4, -0.2) is 68.1 Å². The first-order chi connectivity index (χ1) is 16.2. The molecular weight excluding hydrogens is 488 g/mol. The summed E-state index contributed by atoms with van der Waals surface area (Å²) in [6.45, 7) is 2.68. The van der Waals surface area contributed by atoms with Gasteiger partial charge in [0.25, 0.3) is 20.2 Å². The van der Waals surface area contributed by atoms with Gasteiger partial charge in [0.15, 0.2) is 0 Å². The number of hydrogen-bond donors (Lipinski definition) is 0. The Bertz CT molecular complexity index is 1080. The van der Waals surface area contributed by atoms with E-state index in [0.717, 1.165) is 11.1 Å². The molecule has 4 rings (SSSR count). The molecule has 0 amide bonds. The number of ether oxygens (including phenoxy) is 4. The van der Waals surface area contributed by atoms with Crippen molar-refractivity contribution >= 4 is 20.2 Å². The largest absolute Gasteiger partial charge is 0.347 e. The van der Waals surface area contributed by atoms with Gasteiger partial charge in [0, 0.05) is 0 Å². The van der Waals surface area contributed by atoms with Crippen LogP contribution in [0.15, 0.2) is 58.3 Å². The highest BCUT2D eigenvalue weighted by molar-refractivity contribution is 7.87. The number of rotatable bonds is 8. The molecule has 2 aliphatic heterocycles. The summed E-state index contributed by atoms with van der Waals surface area (Å²) in [5.41, 5.74) is 1.83. The van der Waals surface area contributed by atoms with Gasteiger partial charge >= 0.3 is 0 Å². The minimum absolute atomic E-state index is 0.0238. The summed E-state index contributed by atoms with van der Waals surface area (Å²) in [6, 6.07) is 12.5. The summed E-state index contributed by atoms with van der Waals surface area (Å²) in [7, 11) is -8.03. The minimum atomic E-state index is -4.02. The van der Waals surface area contributed by atoms with Gasteiger partial charge in [0.2, 0.25) is 0 Å². The molecule has 0 saturated carbocycles. The van der Waals surface area contributed by atoms with E-state index >= 15 is 0 Å². The highest BCUT2D eigenvalue weighted by atomic mass is 32.2. The monoisotopic (exact) mass is 514 g/mol. The lowest BCUT2D eigenvalue weighted by molar-refractivity contribution is -0.142. The minimum Gasteiger partial charge on any atom is -0.347 e. The Morgan fingerprint density at radius 3 is 1.38 bits per heavy atom. The normalized spacial score (nSPS) is 25.6. The van der Waals surface area contributed by atoms with Crippen molar-refractivity contribution in [1.82, 2.24) is 0 Å². The summed E-state index contributed by atoms with van der Waals surface area (Å²) < 4.78 is 82.9. The lowest BCUT2D eigenvalue weighted by atomic mass is 10.0. The van der Waals surface area contributed by atoms with E-state index in [1.165, 1.54) is 24.3 Å². The molecule has 0 bridgehead atoms. The van der Waals surface area contributed by atoms with Crippen LogP contribution in [0.4, 0.5) is 0 Å². The third kappa shape index (κ3) is 5.83. The highest BCUT2D eigenvalue weighted by Gasteiger charge is 2.45. The summed E-state index contributed by atoms with van der Waals surface area (Å²) in [4.78, 5) is 0.0476. The van der Waals surface area contributed by atoms with Crippen molar-refractivity contribution in [3.63, 3.8) is 0 Å². The van der Waals surface area contributed by atoms with Crippen LogP contribution >= 0.6 is 0 Å². The first kappa shape index (κ1) is 25.2. The second kappa shape index (κ2) is 10.4. The van der Waals surface area contributed by atoms with Gasteiger partial charge in [-0.25, -0.2) is 0 Å². The van der Waals surface area contributed by atoms with E-state index in [9.17, 15) is 16.8 Å². The molecule has 186 valence electrons. The molecule has 2 aromatic carbocycles. The molecule has 2 heterocycles. The third-order valence-electron chi connectivity index (χ3n) is 5.54. The standard InChI is InChI=1S/C22H26O10S2/c1-15-3-7-17(8-4-15)33(23,24)31-11-19-21-22(30-14-29-21)20(28-13-27-19)12-32-34(25,26)18-9-5-16(2)6-10-18/h3-10,19-22H,11-14H2,1-2H3/t19-,20-,21-,22+/m0/s1. The number of hydrogen-bond acceptors (Lipinski definition) is 10. The molecule has 2 aromatic rings. The quantitative estimate of drug-likeness (QED) is 0.483. The van der Waals surface area contributed by atoms with Gasteiger partial charge in [-0.05, 0) is 38.1 Å². The fourth-order valence-electron chi connectivity index (χ4n) is 3.57. The van der Waals surface area contributed by atoms with Gasteiger partial charge in [-0.3, -0.25) is 8.37 Å². The Labute approximate surface area is 198 Å². The predicted octanol–water partition coefficient (Wildman–Crippen LogP) is 1.90. The van der Waals surface area contributed by atoms with Gasteiger partial charge in [0.05, 0.1) is 23.0 Å². The van der Waals surface area contributed by atoms with E-state index in [4.69, 9.17) is 27.3 Å². The third-order valence-corrected chi connectivity index (χ3v) is 8.13. The van der Waals surface area contributed by atoms with E-state index in [2.05, 4.69) is 0 Å². The van der Waals surface area contributed by atoms with Crippen molar-refractivity contribution in [1.29, 1.82) is 0 Å². The highest BCUT2D eigenvalue weighted by Crippen LogP contribution is 2.28. The van der Waals surface area contributed by atoms with Gasteiger partial charge in [-0.15, -0.1) is 0 Å². The average Bonchev–Trinajstić information content (AvgIpc) is 3.22. The molecule has 2 fully saturated rings. The van der Waals surface area contributed by atoms with Crippen LogP contribution in [-0.2, 0) is 47.5 Å². The van der Waals surface area contributed by atoms with Crippen molar-refractivity contribution in [3.8, 4) is 0 Å². The van der Waals surface area contributed by atoms with Crippen LogP contribution in [0.2, 0.25) is 0 Å². The van der Waals surface area contributed by atoms with Crippen LogP contribution < -0.4 is 0 Å². The maximum Gasteiger partial charge on any atom is 0.297 e. The molecule has 10 nitrogen and oxygen atoms in total. The van der Waals surface area contributed by atoms with Gasteiger partial charge in [-0.2, -0.15) is 16.8 Å². The summed E-state index contributed by atoms with van der Waals surface area (Å²) in [5, 5.41) is 0. The molecule has 0 aromatic heterocycles. The molecule has 12 heteroatoms. The molecule has 2 aliphatic rings. The van der Waals surface area contributed by atoms with E-state index < -0.39 is 44.7 Å². The first-order valence-corrected chi connectivity index (χ1v) is 13.4. The SMILES string of the molecule is Cc1ccc(S(=O)(=O)OC[C@@H]2OCO[C@@H](COS(=O)(=O)c3ccc(C)cc3)[C@H]3OCO[C@H]32)cc1. The molecule has 0 N–H and O–H groups in total. The fraction of sp³-hybridized carbons (Fsp3) is 0.455. The Balaban J connectivity index is 1.39. The topological polar surface area (TPSA) is 124 Å². The van der Waals surface area contributed by atoms with Crippen molar-refractivity contribution in [2.45, 2.75) is 48.1 Å². The van der Waals surface area contributed by atoms with Crippen molar-refractivity contribution in [2.24, 2.45) is 0 Å². The number of fused-ring (bicyclic) bond motifs is 1. The van der Waals surface area contributed by atoms with E-state index in [1.807, 2.05) is 13.8 Å². The van der Waals surface area contributed by atoms with Crippen molar-refractivity contribution < 1.29 is 44.1 Å². The summed E-state index contributed by atoms with van der Waals surface area (Å²) in [6.07, 6.45) is -3.14. The Morgan fingerprint density at radius 2 is 1.00 bits per heavy atom. The van der Waals surface area contributed by atoms with E-state index in [-0.39, 0.29) is 36.6 Å². The molecule has 0 radical (unpaired) electrons. The molecule has 0 unspecified atom stereocenters. The van der Waals surface area contributed by atoms with E-state index in [1.54, 1.807) is 24.3 Å². The second-order valence-corrected chi connectivity index (χ2v) is 11.2. The molecule has 2 saturated heterocycles. The van der Waals surface area contributed by atoms with Gasteiger partial charge in [0.1, 0.15) is 38.0 Å². The van der Waals surface area contributed by atoms with Crippen molar-refractivity contribution in [2.75, 3.05) is 26.8 Å². The zero-order chi connectivity index (χ0) is 24.3. The lowest BCUT2D eigenvalue weighted by Gasteiger charge is -2.25. The molecule has 4 atom stereocenters. The zero-order valence-corrected chi connectivity index (χ0v) is 20.3. The average molecular weight is 515 g/mol. The summed E-state index contributed by atoms with van der Waals surface area (Å²) >= 11 is 0. The first-order valence-electron chi connectivity index (χ1n) is 10.5. The molecule has 0 spiro atoms. The number of benzene rings is 2. The Hall–Kier alpha value is -1.90. The fourth-order valence-corrected chi connectivity index (χ4v) is 5.41. The summed E-state index contributed by atoms with van der Waals surface area (Å²) in [5.74, 6) is 0. The van der Waals surface area contributed by atoms with Crippen LogP contribution in [0.5, 0.6) is 0 Å². The second-order valence-electron chi connectivity index (χ2n) is 8.01. The Kier molecular flexibility index (Phi) is 7.69. The Morgan fingerprint density at radius 1 is 0.647 bits per heavy atom. The van der Waals surface area contributed by atoms with Gasteiger partial charge in [-0.1, -0.05) is 35.4 Å².